The highest BCUT2D eigenvalue weighted by molar-refractivity contribution is 5.85. The fraction of sp³-hybridized carbons (Fsp3) is 0.250. The van der Waals surface area contributed by atoms with Gasteiger partial charge in [0.2, 0.25) is 0 Å². The fourth-order valence-corrected chi connectivity index (χ4v) is 1.47. The van der Waals surface area contributed by atoms with Crippen LogP contribution in [-0.4, -0.2) is 30.3 Å². The standard InChI is InChI=1S/C16H18O5/c1-2-16(19)21-12-4-3-11-20-14-8-5-13(6-9-14)7-10-15(17)18/h2,5-10H,1,3-4,11-12H2,(H,17,18)/b10-7+. The first-order chi connectivity index (χ1) is 10.1. The predicted octanol–water partition coefficient (Wildman–Crippen LogP) is 2.67. The summed E-state index contributed by atoms with van der Waals surface area (Å²) in [5, 5.41) is 8.52. The number of hydrogen-bond acceptors (Lipinski definition) is 4. The van der Waals surface area contributed by atoms with Gasteiger partial charge in [-0.3, -0.25) is 0 Å². The van der Waals surface area contributed by atoms with Crippen LogP contribution >= 0.6 is 0 Å². The van der Waals surface area contributed by atoms with Crippen LogP contribution in [0.15, 0.2) is 43.0 Å². The molecule has 0 aliphatic carbocycles. The second-order valence-electron chi connectivity index (χ2n) is 4.17. The number of carboxylic acid groups (broad SMARTS) is 1. The lowest BCUT2D eigenvalue weighted by molar-refractivity contribution is -0.138. The van der Waals surface area contributed by atoms with Gasteiger partial charge in [-0.2, -0.15) is 0 Å². The molecule has 0 aliphatic rings. The van der Waals surface area contributed by atoms with Gasteiger partial charge in [-0.1, -0.05) is 18.7 Å². The molecule has 0 heterocycles. The minimum absolute atomic E-state index is 0.354. The summed E-state index contributed by atoms with van der Waals surface area (Å²) in [5.41, 5.74) is 0.793. The Bertz CT molecular complexity index is 502. The van der Waals surface area contributed by atoms with E-state index >= 15 is 0 Å². The Labute approximate surface area is 123 Å². The van der Waals surface area contributed by atoms with Crippen LogP contribution in [0.1, 0.15) is 18.4 Å². The number of rotatable bonds is 9. The van der Waals surface area contributed by atoms with Crippen molar-refractivity contribution in [2.75, 3.05) is 13.2 Å². The Balaban J connectivity index is 2.22. The number of esters is 1. The topological polar surface area (TPSA) is 72.8 Å². The van der Waals surface area contributed by atoms with Crippen molar-refractivity contribution in [3.8, 4) is 5.75 Å². The van der Waals surface area contributed by atoms with Gasteiger partial charge in [0.05, 0.1) is 13.2 Å². The summed E-state index contributed by atoms with van der Waals surface area (Å²) in [6.45, 7) is 4.19. The normalized spacial score (nSPS) is 10.3. The van der Waals surface area contributed by atoms with Crippen LogP contribution in [0.3, 0.4) is 0 Å². The molecule has 1 N–H and O–H groups in total. The highest BCUT2D eigenvalue weighted by Crippen LogP contribution is 2.13. The lowest BCUT2D eigenvalue weighted by atomic mass is 10.2. The minimum atomic E-state index is -0.979. The van der Waals surface area contributed by atoms with Crippen molar-refractivity contribution < 1.29 is 24.2 Å². The number of carbonyl (C=O) groups is 2. The highest BCUT2D eigenvalue weighted by atomic mass is 16.5. The number of unbranched alkanes of at least 4 members (excludes halogenated alkanes) is 1. The number of benzene rings is 1. The van der Waals surface area contributed by atoms with Crippen LogP contribution in [-0.2, 0) is 14.3 Å². The summed E-state index contributed by atoms with van der Waals surface area (Å²) >= 11 is 0. The lowest BCUT2D eigenvalue weighted by Gasteiger charge is -2.06. The van der Waals surface area contributed by atoms with Gasteiger partial charge in [0.1, 0.15) is 5.75 Å². The van der Waals surface area contributed by atoms with Crippen molar-refractivity contribution in [1.82, 2.24) is 0 Å². The van der Waals surface area contributed by atoms with E-state index < -0.39 is 11.9 Å². The minimum Gasteiger partial charge on any atom is -0.494 e. The van der Waals surface area contributed by atoms with Gasteiger partial charge in [0.25, 0.3) is 0 Å². The van der Waals surface area contributed by atoms with Crippen LogP contribution in [0.4, 0.5) is 0 Å². The molecule has 1 aromatic rings. The molecule has 0 unspecified atom stereocenters. The third-order valence-electron chi connectivity index (χ3n) is 2.52. The van der Waals surface area contributed by atoms with E-state index in [0.29, 0.717) is 19.0 Å². The van der Waals surface area contributed by atoms with Crippen molar-refractivity contribution in [3.63, 3.8) is 0 Å². The number of carboxylic acids is 1. The molecule has 0 saturated heterocycles. The Morgan fingerprint density at radius 3 is 2.43 bits per heavy atom. The average Bonchev–Trinajstić information content (AvgIpc) is 2.49. The van der Waals surface area contributed by atoms with Gasteiger partial charge >= 0.3 is 11.9 Å². The Kier molecular flexibility index (Phi) is 7.35. The molecule has 1 rings (SSSR count). The second-order valence-corrected chi connectivity index (χ2v) is 4.17. The van der Waals surface area contributed by atoms with Crippen molar-refractivity contribution in [1.29, 1.82) is 0 Å². The van der Waals surface area contributed by atoms with E-state index in [4.69, 9.17) is 14.6 Å². The smallest absolute Gasteiger partial charge is 0.330 e. The van der Waals surface area contributed by atoms with E-state index in [0.717, 1.165) is 30.6 Å². The zero-order chi connectivity index (χ0) is 15.5. The quantitative estimate of drug-likeness (QED) is 0.430. The largest absolute Gasteiger partial charge is 0.494 e. The zero-order valence-electron chi connectivity index (χ0n) is 11.7. The molecule has 0 spiro atoms. The molecule has 5 heteroatoms. The molecule has 0 amide bonds. The van der Waals surface area contributed by atoms with Crippen LogP contribution in [0, 0.1) is 0 Å². The second kappa shape index (κ2) is 9.36. The maximum atomic E-state index is 10.8. The predicted molar refractivity (Wildman–Crippen MR) is 79.0 cm³/mol. The van der Waals surface area contributed by atoms with E-state index in [9.17, 15) is 9.59 Å². The summed E-state index contributed by atoms with van der Waals surface area (Å²) in [7, 11) is 0. The molecule has 21 heavy (non-hydrogen) atoms. The first-order valence-electron chi connectivity index (χ1n) is 6.55. The fourth-order valence-electron chi connectivity index (χ4n) is 1.47. The van der Waals surface area contributed by atoms with E-state index in [-0.39, 0.29) is 0 Å². The summed E-state index contributed by atoms with van der Waals surface area (Å²) < 4.78 is 10.4. The van der Waals surface area contributed by atoms with Gasteiger partial charge in [0.15, 0.2) is 0 Å². The molecule has 0 atom stereocenters. The summed E-state index contributed by atoms with van der Waals surface area (Å²) in [6.07, 6.45) is 5.22. The van der Waals surface area contributed by atoms with Gasteiger partial charge in [-0.05, 0) is 36.6 Å². The van der Waals surface area contributed by atoms with Gasteiger partial charge in [-0.25, -0.2) is 9.59 Å². The lowest BCUT2D eigenvalue weighted by Crippen LogP contribution is -2.04. The molecular weight excluding hydrogens is 272 g/mol. The van der Waals surface area contributed by atoms with E-state index in [1.807, 2.05) is 0 Å². The molecule has 0 aliphatic heterocycles. The molecule has 112 valence electrons. The van der Waals surface area contributed by atoms with Crippen molar-refractivity contribution in [2.45, 2.75) is 12.8 Å². The monoisotopic (exact) mass is 290 g/mol. The Morgan fingerprint density at radius 1 is 1.14 bits per heavy atom. The maximum Gasteiger partial charge on any atom is 0.330 e. The maximum absolute atomic E-state index is 10.8. The average molecular weight is 290 g/mol. The number of aliphatic carboxylic acids is 1. The van der Waals surface area contributed by atoms with E-state index in [2.05, 4.69) is 6.58 Å². The number of carbonyl (C=O) groups excluding carboxylic acids is 1. The first-order valence-corrected chi connectivity index (χ1v) is 6.55. The summed E-state index contributed by atoms with van der Waals surface area (Å²) in [5.74, 6) is -0.682. The van der Waals surface area contributed by atoms with Crippen LogP contribution in [0.2, 0.25) is 0 Å². The SMILES string of the molecule is C=CC(=O)OCCCCOc1ccc(/C=C/C(=O)O)cc1. The van der Waals surface area contributed by atoms with Crippen molar-refractivity contribution >= 4 is 18.0 Å². The molecular formula is C16H18O5. The number of ether oxygens (including phenoxy) is 2. The molecule has 0 bridgehead atoms. The van der Waals surface area contributed by atoms with Crippen LogP contribution in [0.5, 0.6) is 5.75 Å². The Hall–Kier alpha value is -2.56. The first kappa shape index (κ1) is 16.5. The highest BCUT2D eigenvalue weighted by Gasteiger charge is 1.97. The summed E-state index contributed by atoms with van der Waals surface area (Å²) in [4.78, 5) is 21.2. The Morgan fingerprint density at radius 2 is 1.81 bits per heavy atom. The van der Waals surface area contributed by atoms with Gasteiger partial charge < -0.3 is 14.6 Å². The molecule has 0 radical (unpaired) electrons. The van der Waals surface area contributed by atoms with Crippen molar-refractivity contribution in [3.05, 3.63) is 48.6 Å². The number of hydrogen-bond donors (Lipinski definition) is 1. The van der Waals surface area contributed by atoms with Crippen LogP contribution < -0.4 is 4.74 Å². The van der Waals surface area contributed by atoms with E-state index in [1.165, 1.54) is 6.08 Å². The third-order valence-corrected chi connectivity index (χ3v) is 2.52. The van der Waals surface area contributed by atoms with Crippen LogP contribution in [0.25, 0.3) is 6.08 Å². The molecule has 0 aromatic heterocycles. The van der Waals surface area contributed by atoms with Crippen molar-refractivity contribution in [2.24, 2.45) is 0 Å². The molecule has 1 aromatic carbocycles. The zero-order valence-corrected chi connectivity index (χ0v) is 11.7. The molecule has 0 saturated carbocycles. The third kappa shape index (κ3) is 7.57. The van der Waals surface area contributed by atoms with Gasteiger partial charge in [-0.15, -0.1) is 0 Å². The molecule has 5 nitrogen and oxygen atoms in total. The van der Waals surface area contributed by atoms with E-state index in [1.54, 1.807) is 24.3 Å². The molecule has 0 fully saturated rings. The van der Waals surface area contributed by atoms with Gasteiger partial charge in [0, 0.05) is 12.2 Å². The summed E-state index contributed by atoms with van der Waals surface area (Å²) in [6, 6.07) is 7.11.